The van der Waals surface area contributed by atoms with E-state index in [1.54, 1.807) is 13.3 Å². The zero-order valence-electron chi connectivity index (χ0n) is 15.9. The largest absolute Gasteiger partial charge is 0.611 e. The smallest absolute Gasteiger partial charge is 0.232 e. The maximum atomic E-state index is 13.5. The lowest BCUT2D eigenvalue weighted by atomic mass is 10.1. The number of aromatic nitrogens is 4. The van der Waals surface area contributed by atoms with E-state index in [-0.39, 0.29) is 0 Å². The molecule has 4 aromatic heterocycles. The molecule has 2 N–H and O–H groups in total. The number of imidazole rings is 1. The van der Waals surface area contributed by atoms with Crippen LogP contribution in [0.2, 0.25) is 0 Å². The first kappa shape index (κ1) is 20.2. The number of halogens is 1. The van der Waals surface area contributed by atoms with E-state index in [4.69, 9.17) is 10.5 Å². The number of ether oxygens (including phenoxy) is 1. The number of nitrogen functional groups attached to an aromatic ring is 1. The number of hydrogen-bond acceptors (Lipinski definition) is 8. The number of fused-ring (bicyclic) bond motifs is 1. The van der Waals surface area contributed by atoms with Gasteiger partial charge in [-0.1, -0.05) is 11.3 Å². The van der Waals surface area contributed by atoms with Gasteiger partial charge < -0.3 is 19.6 Å². The first-order valence-electron chi connectivity index (χ1n) is 8.61. The first-order valence-corrected chi connectivity index (χ1v) is 11.6. The van der Waals surface area contributed by atoms with Crippen molar-refractivity contribution >= 4 is 49.8 Å². The van der Waals surface area contributed by atoms with E-state index in [0.29, 0.717) is 37.8 Å². The van der Waals surface area contributed by atoms with Crippen LogP contribution in [-0.4, -0.2) is 43.5 Å². The van der Waals surface area contributed by atoms with Gasteiger partial charge in [-0.2, -0.15) is 4.39 Å². The third kappa shape index (κ3) is 3.64. The van der Waals surface area contributed by atoms with Crippen molar-refractivity contribution in [3.05, 3.63) is 29.4 Å². The molecule has 29 heavy (non-hydrogen) atoms. The van der Waals surface area contributed by atoms with Crippen LogP contribution in [-0.2, 0) is 23.0 Å². The zero-order valence-corrected chi connectivity index (χ0v) is 18.4. The van der Waals surface area contributed by atoms with Crippen molar-refractivity contribution in [1.29, 1.82) is 0 Å². The Bertz CT molecular complexity index is 1190. The minimum atomic E-state index is -1.31. The lowest BCUT2D eigenvalue weighted by Crippen LogP contribution is -2.11. The van der Waals surface area contributed by atoms with Crippen molar-refractivity contribution < 1.29 is 13.7 Å². The Hall–Kier alpha value is -2.05. The number of rotatable bonds is 6. The summed E-state index contributed by atoms with van der Waals surface area (Å²) in [6, 6.07) is 1.84. The predicted molar refractivity (Wildman–Crippen MR) is 115 cm³/mol. The Morgan fingerprint density at radius 3 is 2.79 bits per heavy atom. The molecule has 0 saturated heterocycles. The fraction of sp³-hybridized carbons (Fsp3) is 0.278. The minimum Gasteiger partial charge on any atom is -0.611 e. The van der Waals surface area contributed by atoms with Crippen LogP contribution >= 0.6 is 22.7 Å². The fourth-order valence-electron chi connectivity index (χ4n) is 2.96. The molecule has 1 unspecified atom stereocenters. The molecule has 0 aliphatic heterocycles. The molecule has 0 spiro atoms. The number of pyridine rings is 1. The minimum absolute atomic E-state index is 0.345. The van der Waals surface area contributed by atoms with Gasteiger partial charge in [0.1, 0.15) is 32.8 Å². The molecular formula is C18H18FN5O2S3. The quantitative estimate of drug-likeness (QED) is 0.450. The number of aryl methyl sites for hydroxylation is 1. The number of nitrogens with zero attached hydrogens (tertiary/aromatic N) is 4. The molecule has 0 amide bonds. The molecule has 0 aliphatic carbocycles. The van der Waals surface area contributed by atoms with Crippen molar-refractivity contribution in [2.45, 2.75) is 11.1 Å². The number of thiophene rings is 1. The van der Waals surface area contributed by atoms with Gasteiger partial charge in [-0.3, -0.25) is 0 Å². The van der Waals surface area contributed by atoms with Gasteiger partial charge >= 0.3 is 0 Å². The molecule has 1 atom stereocenters. The van der Waals surface area contributed by atoms with Gasteiger partial charge in [-0.05, 0) is 13.0 Å². The molecule has 4 rings (SSSR count). The Morgan fingerprint density at radius 2 is 2.17 bits per heavy atom. The summed E-state index contributed by atoms with van der Waals surface area (Å²) in [4.78, 5) is 13.6. The molecule has 0 fully saturated rings. The van der Waals surface area contributed by atoms with Crippen molar-refractivity contribution in [3.8, 4) is 22.0 Å². The molecule has 0 aliphatic rings. The van der Waals surface area contributed by atoms with Crippen LogP contribution in [0.3, 0.4) is 0 Å². The molecular weight excluding hydrogens is 433 g/mol. The molecule has 152 valence electrons. The summed E-state index contributed by atoms with van der Waals surface area (Å²) < 4.78 is 33.8. The summed E-state index contributed by atoms with van der Waals surface area (Å²) in [5, 5.41) is 2.53. The second-order valence-electron chi connectivity index (χ2n) is 6.31. The first-order chi connectivity index (χ1) is 13.9. The Balaban J connectivity index is 1.96. The van der Waals surface area contributed by atoms with Gasteiger partial charge in [-0.25, -0.2) is 15.0 Å². The standard InChI is InChI=1S/C18H18FN5O2S3/c1-9-21-7-12(24(9)2)10-6-11(16-23-13(19)8-27-16)22-17-14(10)15(20)18(28-17)29(25)5-4-26-3/h6-8H,4-5,20H2,1-3H3. The summed E-state index contributed by atoms with van der Waals surface area (Å²) >= 11 is 1.15. The molecule has 0 radical (unpaired) electrons. The molecule has 0 saturated carbocycles. The summed E-state index contributed by atoms with van der Waals surface area (Å²) in [5.41, 5.74) is 9.05. The van der Waals surface area contributed by atoms with Crippen LogP contribution in [0.4, 0.5) is 10.1 Å². The highest BCUT2D eigenvalue weighted by atomic mass is 32.2. The van der Waals surface area contributed by atoms with E-state index in [1.165, 1.54) is 28.1 Å². The zero-order chi connectivity index (χ0) is 20.7. The van der Waals surface area contributed by atoms with Crippen LogP contribution in [0.1, 0.15) is 5.82 Å². The van der Waals surface area contributed by atoms with E-state index < -0.39 is 17.1 Å². The van der Waals surface area contributed by atoms with Gasteiger partial charge in [-0.15, -0.1) is 11.3 Å². The number of methoxy groups -OCH3 is 1. The van der Waals surface area contributed by atoms with E-state index in [9.17, 15) is 8.94 Å². The van der Waals surface area contributed by atoms with Crippen LogP contribution < -0.4 is 5.73 Å². The van der Waals surface area contributed by atoms with Gasteiger partial charge in [0.25, 0.3) is 0 Å². The van der Waals surface area contributed by atoms with Crippen molar-refractivity contribution in [2.75, 3.05) is 25.2 Å². The van der Waals surface area contributed by atoms with E-state index in [0.717, 1.165) is 22.5 Å². The second kappa shape index (κ2) is 8.00. The van der Waals surface area contributed by atoms with Crippen LogP contribution in [0.5, 0.6) is 0 Å². The van der Waals surface area contributed by atoms with Crippen molar-refractivity contribution in [3.63, 3.8) is 0 Å². The molecule has 0 bridgehead atoms. The van der Waals surface area contributed by atoms with Crippen LogP contribution in [0.15, 0.2) is 21.9 Å². The average Bonchev–Trinajstić information content (AvgIpc) is 3.38. The molecule has 7 nitrogen and oxygen atoms in total. The topological polar surface area (TPSA) is 102 Å². The van der Waals surface area contributed by atoms with Gasteiger partial charge in [0.2, 0.25) is 10.2 Å². The summed E-state index contributed by atoms with van der Waals surface area (Å²) in [7, 11) is 3.47. The molecule has 4 aromatic rings. The monoisotopic (exact) mass is 451 g/mol. The van der Waals surface area contributed by atoms with Gasteiger partial charge in [0.05, 0.1) is 18.5 Å². The maximum Gasteiger partial charge on any atom is 0.232 e. The molecule has 11 heteroatoms. The van der Waals surface area contributed by atoms with Crippen molar-refractivity contribution in [2.24, 2.45) is 7.05 Å². The molecule has 4 heterocycles. The normalized spacial score (nSPS) is 12.7. The lowest BCUT2D eigenvalue weighted by Gasteiger charge is -2.09. The summed E-state index contributed by atoms with van der Waals surface area (Å²) in [5.74, 6) is 0.638. The van der Waals surface area contributed by atoms with E-state index in [1.807, 2.05) is 24.6 Å². The number of nitrogens with two attached hydrogens (primary N) is 1. The number of hydrogen-bond donors (Lipinski definition) is 1. The third-order valence-corrected chi connectivity index (χ3v) is 8.24. The van der Waals surface area contributed by atoms with Crippen molar-refractivity contribution in [1.82, 2.24) is 19.5 Å². The third-order valence-electron chi connectivity index (χ3n) is 4.54. The Morgan fingerprint density at radius 1 is 1.38 bits per heavy atom. The Kier molecular flexibility index (Phi) is 5.58. The number of anilines is 1. The van der Waals surface area contributed by atoms with Crippen LogP contribution in [0, 0.1) is 12.9 Å². The predicted octanol–water partition coefficient (Wildman–Crippen LogP) is 3.60. The number of thiazole rings is 1. The van der Waals surface area contributed by atoms with Crippen LogP contribution in [0.25, 0.3) is 32.2 Å². The Labute approximate surface area is 177 Å². The lowest BCUT2D eigenvalue weighted by molar-refractivity contribution is 0.217. The van der Waals surface area contributed by atoms with Gasteiger partial charge in [0.15, 0.2) is 0 Å². The average molecular weight is 452 g/mol. The summed E-state index contributed by atoms with van der Waals surface area (Å²) in [6.07, 6.45) is 1.76. The highest BCUT2D eigenvalue weighted by Crippen LogP contribution is 2.43. The summed E-state index contributed by atoms with van der Waals surface area (Å²) in [6.45, 7) is 2.27. The SMILES string of the molecule is COCC[S+]([O-])c1sc2nc(-c3nc(F)cs3)cc(-c3cnc(C)n3C)c2c1N. The highest BCUT2D eigenvalue weighted by molar-refractivity contribution is 7.93. The van der Waals surface area contributed by atoms with Gasteiger partial charge in [0, 0.05) is 41.7 Å². The highest BCUT2D eigenvalue weighted by Gasteiger charge is 2.26. The fourth-order valence-corrected chi connectivity index (χ4v) is 6.15. The van der Waals surface area contributed by atoms with E-state index in [2.05, 4.69) is 15.0 Å². The maximum absolute atomic E-state index is 13.5. The second-order valence-corrected chi connectivity index (χ2v) is 9.93. The van der Waals surface area contributed by atoms with E-state index >= 15 is 0 Å². The molecule has 0 aromatic carbocycles.